The van der Waals surface area contributed by atoms with Gasteiger partial charge in [0.2, 0.25) is 0 Å². The van der Waals surface area contributed by atoms with Crippen LogP contribution in [0.15, 0.2) is 11.4 Å². The SMILES string of the molecule is CC(=O)c1nc2sccc2s1. The standard InChI is InChI=1S/C7H5NOS2/c1-4(9)6-8-7-5(11-6)2-3-10-7/h2-3H,1H3. The molecule has 0 amide bonds. The van der Waals surface area contributed by atoms with Crippen LogP contribution in [0.25, 0.3) is 9.53 Å². The second-order valence-corrected chi connectivity index (χ2v) is 4.09. The minimum Gasteiger partial charge on any atom is -0.292 e. The lowest BCUT2D eigenvalue weighted by atomic mass is 10.5. The third kappa shape index (κ3) is 1.08. The van der Waals surface area contributed by atoms with E-state index in [1.807, 2.05) is 11.4 Å². The Morgan fingerprint density at radius 1 is 1.64 bits per heavy atom. The van der Waals surface area contributed by atoms with Gasteiger partial charge in [-0.05, 0) is 11.4 Å². The molecule has 2 nitrogen and oxygen atoms in total. The molecule has 2 rings (SSSR count). The number of ketones is 1. The Bertz CT molecular complexity index is 373. The van der Waals surface area contributed by atoms with Crippen LogP contribution in [0.3, 0.4) is 0 Å². The Morgan fingerprint density at radius 3 is 3.09 bits per heavy atom. The van der Waals surface area contributed by atoms with Crippen molar-refractivity contribution in [3.63, 3.8) is 0 Å². The predicted molar refractivity (Wildman–Crippen MR) is 47.5 cm³/mol. The summed E-state index contributed by atoms with van der Waals surface area (Å²) in [5.41, 5.74) is 0. The zero-order valence-electron chi connectivity index (χ0n) is 5.83. The van der Waals surface area contributed by atoms with E-state index in [1.165, 1.54) is 11.3 Å². The largest absolute Gasteiger partial charge is 0.292 e. The molecule has 0 aromatic carbocycles. The van der Waals surface area contributed by atoms with Crippen LogP contribution >= 0.6 is 22.7 Å². The molecule has 0 fully saturated rings. The fourth-order valence-corrected chi connectivity index (χ4v) is 2.65. The van der Waals surface area contributed by atoms with Crippen LogP contribution in [0, 0.1) is 0 Å². The summed E-state index contributed by atoms with van der Waals surface area (Å²) in [4.78, 5) is 16.0. The summed E-state index contributed by atoms with van der Waals surface area (Å²) < 4.78 is 1.11. The van der Waals surface area contributed by atoms with E-state index in [4.69, 9.17) is 0 Å². The molecule has 2 aromatic heterocycles. The first-order valence-electron chi connectivity index (χ1n) is 3.12. The number of thiophene rings is 1. The Kier molecular flexibility index (Phi) is 1.51. The van der Waals surface area contributed by atoms with Crippen molar-refractivity contribution in [2.75, 3.05) is 0 Å². The molecule has 0 saturated carbocycles. The van der Waals surface area contributed by atoms with Crippen molar-refractivity contribution >= 4 is 38.0 Å². The van der Waals surface area contributed by atoms with E-state index in [-0.39, 0.29) is 5.78 Å². The maximum Gasteiger partial charge on any atom is 0.188 e. The third-order valence-electron chi connectivity index (χ3n) is 1.32. The summed E-state index contributed by atoms with van der Waals surface area (Å²) in [6.07, 6.45) is 0. The van der Waals surface area contributed by atoms with Crippen LogP contribution in [0.2, 0.25) is 0 Å². The summed E-state index contributed by atoms with van der Waals surface area (Å²) in [5, 5.41) is 2.60. The second kappa shape index (κ2) is 2.39. The number of Topliss-reactive ketones (excluding diaryl/α,β-unsaturated/α-hetero) is 1. The van der Waals surface area contributed by atoms with Crippen molar-refractivity contribution in [1.29, 1.82) is 0 Å². The van der Waals surface area contributed by atoms with E-state index >= 15 is 0 Å². The van der Waals surface area contributed by atoms with Crippen LogP contribution in [-0.4, -0.2) is 10.8 Å². The third-order valence-corrected chi connectivity index (χ3v) is 3.38. The minimum atomic E-state index is 0.0541. The zero-order valence-corrected chi connectivity index (χ0v) is 7.46. The molecule has 0 bridgehead atoms. The van der Waals surface area contributed by atoms with Crippen molar-refractivity contribution in [1.82, 2.24) is 4.98 Å². The van der Waals surface area contributed by atoms with Gasteiger partial charge in [-0.3, -0.25) is 4.79 Å². The number of thiazole rings is 1. The van der Waals surface area contributed by atoms with Crippen LogP contribution in [0.1, 0.15) is 16.7 Å². The lowest BCUT2D eigenvalue weighted by Crippen LogP contribution is -1.87. The minimum absolute atomic E-state index is 0.0541. The first-order valence-corrected chi connectivity index (χ1v) is 4.82. The lowest BCUT2D eigenvalue weighted by Gasteiger charge is -1.79. The van der Waals surface area contributed by atoms with Gasteiger partial charge in [0.15, 0.2) is 10.8 Å². The number of aromatic nitrogens is 1. The molecule has 0 aliphatic rings. The maximum atomic E-state index is 10.9. The summed E-state index contributed by atoms with van der Waals surface area (Å²) in [5.74, 6) is 0.0541. The summed E-state index contributed by atoms with van der Waals surface area (Å²) in [7, 11) is 0. The Labute approximate surface area is 71.5 Å². The fourth-order valence-electron chi connectivity index (χ4n) is 0.819. The molecule has 0 spiro atoms. The molecule has 0 aliphatic heterocycles. The van der Waals surface area contributed by atoms with Gasteiger partial charge in [-0.15, -0.1) is 22.7 Å². The molecule has 56 valence electrons. The highest BCUT2D eigenvalue weighted by atomic mass is 32.1. The average molecular weight is 183 g/mol. The van der Waals surface area contributed by atoms with Crippen LogP contribution in [0.5, 0.6) is 0 Å². The van der Waals surface area contributed by atoms with Gasteiger partial charge in [-0.2, -0.15) is 0 Å². The van der Waals surface area contributed by atoms with Gasteiger partial charge in [0.25, 0.3) is 0 Å². The van der Waals surface area contributed by atoms with Gasteiger partial charge in [0.1, 0.15) is 4.83 Å². The number of hydrogen-bond acceptors (Lipinski definition) is 4. The monoisotopic (exact) mass is 183 g/mol. The first-order chi connectivity index (χ1) is 5.27. The van der Waals surface area contributed by atoms with Crippen molar-refractivity contribution in [2.45, 2.75) is 6.92 Å². The number of hydrogen-bond donors (Lipinski definition) is 0. The van der Waals surface area contributed by atoms with E-state index in [0.717, 1.165) is 9.53 Å². The Hall–Kier alpha value is -0.740. The molecule has 0 N–H and O–H groups in total. The van der Waals surface area contributed by atoms with Gasteiger partial charge >= 0.3 is 0 Å². The molecule has 2 heterocycles. The Morgan fingerprint density at radius 2 is 2.45 bits per heavy atom. The van der Waals surface area contributed by atoms with E-state index in [0.29, 0.717) is 5.01 Å². The van der Waals surface area contributed by atoms with Crippen molar-refractivity contribution in [3.8, 4) is 0 Å². The fraction of sp³-hybridized carbons (Fsp3) is 0.143. The molecule has 0 atom stereocenters. The van der Waals surface area contributed by atoms with Crippen LogP contribution < -0.4 is 0 Å². The molecule has 0 radical (unpaired) electrons. The summed E-state index contributed by atoms with van der Waals surface area (Å²) in [6, 6.07) is 1.99. The van der Waals surface area contributed by atoms with Gasteiger partial charge < -0.3 is 0 Å². The average Bonchev–Trinajstić information content (AvgIpc) is 2.40. The first kappa shape index (κ1) is 6.94. The van der Waals surface area contributed by atoms with E-state index < -0.39 is 0 Å². The number of fused-ring (bicyclic) bond motifs is 1. The maximum absolute atomic E-state index is 10.9. The molecule has 4 heteroatoms. The number of nitrogens with zero attached hydrogens (tertiary/aromatic N) is 1. The van der Waals surface area contributed by atoms with Crippen LogP contribution in [-0.2, 0) is 0 Å². The lowest BCUT2D eigenvalue weighted by molar-refractivity contribution is 0.101. The van der Waals surface area contributed by atoms with Gasteiger partial charge in [0, 0.05) is 6.92 Å². The number of carbonyl (C=O) groups is 1. The van der Waals surface area contributed by atoms with Crippen LogP contribution in [0.4, 0.5) is 0 Å². The smallest absolute Gasteiger partial charge is 0.188 e. The molecular formula is C7H5NOS2. The van der Waals surface area contributed by atoms with E-state index in [2.05, 4.69) is 4.98 Å². The van der Waals surface area contributed by atoms with Crippen molar-refractivity contribution in [3.05, 3.63) is 16.5 Å². The quantitative estimate of drug-likeness (QED) is 0.636. The van der Waals surface area contributed by atoms with Gasteiger partial charge in [-0.1, -0.05) is 0 Å². The molecule has 11 heavy (non-hydrogen) atoms. The molecule has 0 aliphatic carbocycles. The molecule has 2 aromatic rings. The zero-order chi connectivity index (χ0) is 7.84. The predicted octanol–water partition coefficient (Wildman–Crippen LogP) is 2.56. The van der Waals surface area contributed by atoms with E-state index in [9.17, 15) is 4.79 Å². The highest BCUT2D eigenvalue weighted by Gasteiger charge is 2.07. The normalized spacial score (nSPS) is 10.6. The van der Waals surface area contributed by atoms with Gasteiger partial charge in [0.05, 0.1) is 4.70 Å². The highest BCUT2D eigenvalue weighted by molar-refractivity contribution is 7.27. The van der Waals surface area contributed by atoms with Crippen molar-refractivity contribution < 1.29 is 4.79 Å². The molecule has 0 saturated heterocycles. The van der Waals surface area contributed by atoms with Crippen molar-refractivity contribution in [2.24, 2.45) is 0 Å². The Balaban J connectivity index is 2.67. The van der Waals surface area contributed by atoms with Gasteiger partial charge in [-0.25, -0.2) is 4.98 Å². The summed E-state index contributed by atoms with van der Waals surface area (Å²) >= 11 is 3.03. The second-order valence-electron chi connectivity index (χ2n) is 2.17. The molecular weight excluding hydrogens is 178 g/mol. The topological polar surface area (TPSA) is 30.0 Å². The number of rotatable bonds is 1. The summed E-state index contributed by atoms with van der Waals surface area (Å²) in [6.45, 7) is 1.54. The van der Waals surface area contributed by atoms with E-state index in [1.54, 1.807) is 18.3 Å². The highest BCUT2D eigenvalue weighted by Crippen LogP contribution is 2.26. The number of carbonyl (C=O) groups excluding carboxylic acids is 1. The molecule has 0 unspecified atom stereocenters.